The van der Waals surface area contributed by atoms with E-state index in [4.69, 9.17) is 0 Å². The Morgan fingerprint density at radius 1 is 0.792 bits per heavy atom. The molecule has 6 nitrogen and oxygen atoms in total. The molecule has 0 N–H and O–H groups in total. The zero-order valence-corrected chi connectivity index (χ0v) is 14.5. The van der Waals surface area contributed by atoms with E-state index in [1.807, 2.05) is 33.7 Å². The second-order valence-electron chi connectivity index (χ2n) is 6.07. The fourth-order valence-electron chi connectivity index (χ4n) is 2.60. The number of hydrogen-bond donors (Lipinski definition) is 0. The summed E-state index contributed by atoms with van der Waals surface area (Å²) in [4.78, 5) is 0. The second-order valence-corrected chi connectivity index (χ2v) is 6.07. The number of hydrogen-bond acceptors (Lipinski definition) is 2. The van der Waals surface area contributed by atoms with Gasteiger partial charge in [0, 0.05) is 12.1 Å². The summed E-state index contributed by atoms with van der Waals surface area (Å²) in [6.45, 7) is 6.48. The molecule has 0 radical (unpaired) electrons. The van der Waals surface area contributed by atoms with Crippen LogP contribution < -0.4 is 9.13 Å². The number of unbranched alkanes of at least 4 members (excludes halogenated alkanes) is 2. The fraction of sp³-hybridized carbons (Fsp3) is 0.444. The van der Waals surface area contributed by atoms with E-state index >= 15 is 0 Å². The van der Waals surface area contributed by atoms with Crippen LogP contribution in [0.3, 0.4) is 0 Å². The Kier molecular flexibility index (Phi) is 5.36. The molecule has 0 atom stereocenters. The van der Waals surface area contributed by atoms with Crippen molar-refractivity contribution in [2.24, 2.45) is 0 Å². The van der Waals surface area contributed by atoms with Gasteiger partial charge in [-0.3, -0.25) is 0 Å². The predicted molar refractivity (Wildman–Crippen MR) is 90.9 cm³/mol. The van der Waals surface area contributed by atoms with Crippen LogP contribution in [0.25, 0.3) is 11.6 Å². The Bertz CT molecular complexity index is 691. The number of aromatic nitrogens is 6. The summed E-state index contributed by atoms with van der Waals surface area (Å²) in [5, 5.41) is 8.72. The Morgan fingerprint density at radius 3 is 1.62 bits per heavy atom. The van der Waals surface area contributed by atoms with Crippen LogP contribution in [-0.4, -0.2) is 19.3 Å². The summed E-state index contributed by atoms with van der Waals surface area (Å²) in [7, 11) is 0. The topological polar surface area (TPSA) is 43.4 Å². The molecule has 0 aliphatic carbocycles. The molecular weight excluding hydrogens is 300 g/mol. The number of imidazole rings is 2. The van der Waals surface area contributed by atoms with Gasteiger partial charge >= 0.3 is 0 Å². The van der Waals surface area contributed by atoms with Crippen LogP contribution in [0.4, 0.5) is 0 Å². The highest BCUT2D eigenvalue weighted by atomic mass is 15.3. The van der Waals surface area contributed by atoms with Crippen LogP contribution in [0.5, 0.6) is 0 Å². The highest BCUT2D eigenvalue weighted by molar-refractivity contribution is 5.27. The lowest BCUT2D eigenvalue weighted by Crippen LogP contribution is -2.30. The highest BCUT2D eigenvalue weighted by Crippen LogP contribution is 2.06. The van der Waals surface area contributed by atoms with Crippen LogP contribution in [0.1, 0.15) is 39.5 Å². The first-order valence-corrected chi connectivity index (χ1v) is 8.78. The van der Waals surface area contributed by atoms with Crippen molar-refractivity contribution in [1.82, 2.24) is 19.3 Å². The molecule has 3 rings (SSSR count). The Labute approximate surface area is 143 Å². The Morgan fingerprint density at radius 2 is 1.25 bits per heavy atom. The van der Waals surface area contributed by atoms with Crippen molar-refractivity contribution in [3.63, 3.8) is 0 Å². The first-order chi connectivity index (χ1) is 11.8. The third kappa shape index (κ3) is 3.88. The van der Waals surface area contributed by atoms with Gasteiger partial charge in [-0.2, -0.15) is 9.13 Å². The molecule has 0 bridgehead atoms. The first kappa shape index (κ1) is 16.4. The second kappa shape index (κ2) is 7.86. The molecule has 0 aliphatic heterocycles. The molecule has 3 aromatic heterocycles. The summed E-state index contributed by atoms with van der Waals surface area (Å²) < 4.78 is 8.37. The van der Waals surface area contributed by atoms with Crippen molar-refractivity contribution in [1.29, 1.82) is 0 Å². The lowest BCUT2D eigenvalue weighted by molar-refractivity contribution is -0.696. The largest absolute Gasteiger partial charge is 0.250 e. The maximum Gasteiger partial charge on any atom is 0.250 e. The van der Waals surface area contributed by atoms with Gasteiger partial charge < -0.3 is 0 Å². The summed E-state index contributed by atoms with van der Waals surface area (Å²) in [6.07, 6.45) is 17.1. The van der Waals surface area contributed by atoms with Gasteiger partial charge in [-0.1, -0.05) is 26.7 Å². The van der Waals surface area contributed by atoms with Crippen LogP contribution in [0, 0.1) is 0 Å². The average Bonchev–Trinajstić information content (AvgIpc) is 3.28. The molecule has 24 heavy (non-hydrogen) atoms. The molecule has 0 spiro atoms. The summed E-state index contributed by atoms with van der Waals surface area (Å²) >= 11 is 0. The number of aryl methyl sites for hydroxylation is 2. The summed E-state index contributed by atoms with van der Waals surface area (Å²) in [6, 6.07) is 4.01. The minimum atomic E-state index is 0.833. The number of rotatable bonds is 8. The van der Waals surface area contributed by atoms with E-state index in [9.17, 15) is 0 Å². The predicted octanol–water partition coefficient (Wildman–Crippen LogP) is 2.23. The van der Waals surface area contributed by atoms with Gasteiger partial charge in [0.25, 0.3) is 0 Å². The molecule has 126 valence electrons. The third-order valence-corrected chi connectivity index (χ3v) is 4.09. The van der Waals surface area contributed by atoms with E-state index < -0.39 is 0 Å². The molecule has 6 heteroatoms. The van der Waals surface area contributed by atoms with Crippen LogP contribution in [-0.2, 0) is 13.1 Å². The molecular formula is C18H26N6+2. The zero-order chi connectivity index (χ0) is 16.8. The molecule has 0 aliphatic rings. The van der Waals surface area contributed by atoms with Crippen molar-refractivity contribution in [3.8, 4) is 11.6 Å². The van der Waals surface area contributed by atoms with E-state index in [0.29, 0.717) is 0 Å². The maximum atomic E-state index is 4.36. The lowest BCUT2D eigenvalue weighted by Gasteiger charge is -1.96. The van der Waals surface area contributed by atoms with E-state index in [1.54, 1.807) is 0 Å². The van der Waals surface area contributed by atoms with E-state index in [-0.39, 0.29) is 0 Å². The molecule has 0 aromatic carbocycles. The normalized spacial score (nSPS) is 11.1. The van der Waals surface area contributed by atoms with Gasteiger partial charge in [-0.25, -0.2) is 9.13 Å². The van der Waals surface area contributed by atoms with Gasteiger partial charge in [0.2, 0.25) is 24.3 Å². The highest BCUT2D eigenvalue weighted by Gasteiger charge is 2.12. The smallest absolute Gasteiger partial charge is 0.236 e. The van der Waals surface area contributed by atoms with Crippen molar-refractivity contribution in [2.45, 2.75) is 52.6 Å². The molecule has 0 fully saturated rings. The van der Waals surface area contributed by atoms with Gasteiger partial charge in [-0.05, 0) is 12.8 Å². The molecule has 3 heterocycles. The molecule has 0 unspecified atom stereocenters. The van der Waals surface area contributed by atoms with Crippen molar-refractivity contribution in [2.75, 3.05) is 0 Å². The molecule has 0 saturated carbocycles. The number of nitrogens with zero attached hydrogens (tertiary/aromatic N) is 6. The molecule has 0 amide bonds. The van der Waals surface area contributed by atoms with E-state index in [1.165, 1.54) is 25.7 Å². The van der Waals surface area contributed by atoms with Gasteiger partial charge in [0.1, 0.15) is 24.8 Å². The van der Waals surface area contributed by atoms with Gasteiger partial charge in [0.15, 0.2) is 0 Å². The Balaban J connectivity index is 1.70. The molecule has 0 saturated heterocycles. The van der Waals surface area contributed by atoms with Crippen molar-refractivity contribution < 1.29 is 9.13 Å². The SMILES string of the molecule is CCCC[n+]1ccn(-c2ccc(-n3cc[n+](CCCC)c3)nn2)c1. The lowest BCUT2D eigenvalue weighted by atomic mass is 10.3. The van der Waals surface area contributed by atoms with Crippen molar-refractivity contribution >= 4 is 0 Å². The van der Waals surface area contributed by atoms with Crippen molar-refractivity contribution in [3.05, 3.63) is 49.6 Å². The van der Waals surface area contributed by atoms with Crippen LogP contribution >= 0.6 is 0 Å². The quantitative estimate of drug-likeness (QED) is 0.596. The summed E-state index contributed by atoms with van der Waals surface area (Å²) in [5.41, 5.74) is 0. The standard InChI is InChI=1S/C18H26N6/c1-3-5-9-21-11-13-23(15-21)17-7-8-18(20-19-17)24-14-12-22(16-24)10-6-4-2/h7-8,11-16H,3-6,9-10H2,1-2H3/q+2. The van der Waals surface area contributed by atoms with Gasteiger partial charge in [0.05, 0.1) is 13.1 Å². The zero-order valence-electron chi connectivity index (χ0n) is 14.5. The van der Waals surface area contributed by atoms with E-state index in [0.717, 1.165) is 24.7 Å². The minimum Gasteiger partial charge on any atom is -0.236 e. The molecule has 3 aromatic rings. The average molecular weight is 326 g/mol. The first-order valence-electron chi connectivity index (χ1n) is 8.78. The van der Waals surface area contributed by atoms with E-state index in [2.05, 4.69) is 58.2 Å². The summed E-state index contributed by atoms with van der Waals surface area (Å²) in [5.74, 6) is 1.67. The monoisotopic (exact) mass is 326 g/mol. The van der Waals surface area contributed by atoms with Crippen LogP contribution in [0.15, 0.2) is 49.6 Å². The van der Waals surface area contributed by atoms with Gasteiger partial charge in [-0.15, -0.1) is 10.2 Å². The van der Waals surface area contributed by atoms with Crippen LogP contribution in [0.2, 0.25) is 0 Å². The maximum absolute atomic E-state index is 4.36. The fourth-order valence-corrected chi connectivity index (χ4v) is 2.60. The third-order valence-electron chi connectivity index (χ3n) is 4.09. The minimum absolute atomic E-state index is 0.833. The Hall–Kier alpha value is -2.50.